The van der Waals surface area contributed by atoms with Crippen LogP contribution in [0.1, 0.15) is 33.1 Å². The molecule has 0 bridgehead atoms. The van der Waals surface area contributed by atoms with Crippen molar-refractivity contribution < 1.29 is 4.39 Å². The molecular weight excluding hydrogens is 227 g/mol. The Balaban J connectivity index is 2.29. The van der Waals surface area contributed by atoms with Crippen LogP contribution >= 0.6 is 0 Å². The van der Waals surface area contributed by atoms with Crippen molar-refractivity contribution in [3.05, 3.63) is 30.1 Å². The highest BCUT2D eigenvalue weighted by Crippen LogP contribution is 2.21. The summed E-state index contributed by atoms with van der Waals surface area (Å²) >= 11 is 0. The molecule has 0 heterocycles. The second-order valence-corrected chi connectivity index (χ2v) is 5.72. The molecule has 1 rings (SSSR count). The molecule has 0 saturated heterocycles. The Morgan fingerprint density at radius 2 is 1.78 bits per heavy atom. The van der Waals surface area contributed by atoms with E-state index in [0.717, 1.165) is 31.6 Å². The molecule has 1 aromatic carbocycles. The first-order chi connectivity index (χ1) is 8.44. The maximum atomic E-state index is 12.8. The van der Waals surface area contributed by atoms with E-state index in [0.29, 0.717) is 0 Å². The lowest BCUT2D eigenvalue weighted by Gasteiger charge is -2.23. The maximum absolute atomic E-state index is 12.8. The van der Waals surface area contributed by atoms with E-state index >= 15 is 0 Å². The Labute approximate surface area is 110 Å². The lowest BCUT2D eigenvalue weighted by Crippen LogP contribution is -2.24. The highest BCUT2D eigenvalue weighted by molar-refractivity contribution is 5.45. The summed E-state index contributed by atoms with van der Waals surface area (Å²) < 4.78 is 12.8. The van der Waals surface area contributed by atoms with E-state index in [2.05, 4.69) is 18.7 Å². The molecule has 0 amide bonds. The van der Waals surface area contributed by atoms with E-state index in [9.17, 15) is 4.39 Å². The van der Waals surface area contributed by atoms with Crippen LogP contribution in [0.15, 0.2) is 24.3 Å². The summed E-state index contributed by atoms with van der Waals surface area (Å²) in [5, 5.41) is 0. The Morgan fingerprint density at radius 3 is 2.33 bits per heavy atom. The normalized spacial score (nSPS) is 11.6. The molecule has 3 heteroatoms. The van der Waals surface area contributed by atoms with Crippen molar-refractivity contribution >= 4 is 5.69 Å². The van der Waals surface area contributed by atoms with E-state index < -0.39 is 0 Å². The molecule has 0 aliphatic heterocycles. The molecule has 0 fully saturated rings. The molecule has 0 spiro atoms. The van der Waals surface area contributed by atoms with E-state index in [4.69, 9.17) is 5.73 Å². The predicted molar refractivity (Wildman–Crippen MR) is 76.4 cm³/mol. The molecule has 0 aliphatic rings. The fourth-order valence-electron chi connectivity index (χ4n) is 1.88. The van der Waals surface area contributed by atoms with Gasteiger partial charge in [0.2, 0.25) is 0 Å². The minimum absolute atomic E-state index is 0.183. The van der Waals surface area contributed by atoms with Gasteiger partial charge in [0.1, 0.15) is 5.82 Å². The fourth-order valence-corrected chi connectivity index (χ4v) is 1.88. The van der Waals surface area contributed by atoms with Crippen molar-refractivity contribution in [3.63, 3.8) is 0 Å². The fraction of sp³-hybridized carbons (Fsp3) is 0.600. The van der Waals surface area contributed by atoms with Gasteiger partial charge in [-0.15, -0.1) is 0 Å². The van der Waals surface area contributed by atoms with Gasteiger partial charge >= 0.3 is 0 Å². The second-order valence-electron chi connectivity index (χ2n) is 5.72. The lowest BCUT2D eigenvalue weighted by molar-refractivity contribution is 0.333. The molecule has 0 atom stereocenters. The van der Waals surface area contributed by atoms with Gasteiger partial charge in [-0.1, -0.05) is 20.3 Å². The van der Waals surface area contributed by atoms with Crippen LogP contribution in [0.3, 0.4) is 0 Å². The molecular formula is C15H25FN2. The van der Waals surface area contributed by atoms with Crippen LogP contribution in [-0.4, -0.2) is 20.1 Å². The van der Waals surface area contributed by atoms with Gasteiger partial charge in [0.25, 0.3) is 0 Å². The summed E-state index contributed by atoms with van der Waals surface area (Å²) in [7, 11) is 2.04. The summed E-state index contributed by atoms with van der Waals surface area (Å²) in [6.07, 6.45) is 3.47. The third-order valence-electron chi connectivity index (χ3n) is 3.42. The average molecular weight is 252 g/mol. The maximum Gasteiger partial charge on any atom is 0.123 e. The number of benzene rings is 1. The molecule has 102 valence electrons. The summed E-state index contributed by atoms with van der Waals surface area (Å²) in [6, 6.07) is 6.64. The van der Waals surface area contributed by atoms with Crippen LogP contribution in [0.25, 0.3) is 0 Å². The van der Waals surface area contributed by atoms with Gasteiger partial charge in [-0.3, -0.25) is 0 Å². The quantitative estimate of drug-likeness (QED) is 0.753. The minimum atomic E-state index is -0.183. The van der Waals surface area contributed by atoms with Gasteiger partial charge in [-0.2, -0.15) is 0 Å². The zero-order valence-corrected chi connectivity index (χ0v) is 11.7. The predicted octanol–water partition coefficient (Wildman–Crippen LogP) is 3.42. The molecule has 0 unspecified atom stereocenters. The Morgan fingerprint density at radius 1 is 1.17 bits per heavy atom. The summed E-state index contributed by atoms with van der Waals surface area (Å²) in [4.78, 5) is 2.16. The number of anilines is 1. The van der Waals surface area contributed by atoms with Gasteiger partial charge in [0.15, 0.2) is 0 Å². The summed E-state index contributed by atoms with van der Waals surface area (Å²) in [5.74, 6) is -0.183. The third-order valence-corrected chi connectivity index (χ3v) is 3.42. The van der Waals surface area contributed by atoms with Crippen molar-refractivity contribution in [3.8, 4) is 0 Å². The van der Waals surface area contributed by atoms with Crippen LogP contribution in [0.4, 0.5) is 10.1 Å². The number of nitrogens with two attached hydrogens (primary N) is 1. The number of unbranched alkanes of at least 4 members (excludes halogenated alkanes) is 1. The molecule has 18 heavy (non-hydrogen) atoms. The van der Waals surface area contributed by atoms with Crippen molar-refractivity contribution in [2.75, 3.05) is 25.0 Å². The number of hydrogen-bond acceptors (Lipinski definition) is 2. The van der Waals surface area contributed by atoms with E-state index in [-0.39, 0.29) is 11.2 Å². The first-order valence-electron chi connectivity index (χ1n) is 6.61. The van der Waals surface area contributed by atoms with E-state index in [1.165, 1.54) is 18.6 Å². The molecule has 2 N–H and O–H groups in total. The molecule has 0 radical (unpaired) electrons. The summed E-state index contributed by atoms with van der Waals surface area (Å²) in [6.45, 7) is 6.14. The Kier molecular flexibility index (Phi) is 5.60. The van der Waals surface area contributed by atoms with Gasteiger partial charge in [-0.05, 0) is 49.1 Å². The van der Waals surface area contributed by atoms with Crippen LogP contribution in [-0.2, 0) is 0 Å². The number of nitrogens with zero attached hydrogens (tertiary/aromatic N) is 1. The van der Waals surface area contributed by atoms with Crippen molar-refractivity contribution in [1.29, 1.82) is 0 Å². The molecule has 0 saturated carbocycles. The van der Waals surface area contributed by atoms with Crippen LogP contribution < -0.4 is 10.6 Å². The molecule has 2 nitrogen and oxygen atoms in total. The zero-order chi connectivity index (χ0) is 13.6. The second kappa shape index (κ2) is 6.74. The lowest BCUT2D eigenvalue weighted by atomic mass is 9.87. The van der Waals surface area contributed by atoms with Gasteiger partial charge in [0, 0.05) is 19.3 Å². The monoisotopic (exact) mass is 252 g/mol. The van der Waals surface area contributed by atoms with Gasteiger partial charge < -0.3 is 10.6 Å². The van der Waals surface area contributed by atoms with Crippen LogP contribution in [0.5, 0.6) is 0 Å². The van der Waals surface area contributed by atoms with Crippen molar-refractivity contribution in [2.45, 2.75) is 33.1 Å². The number of rotatable bonds is 7. The summed E-state index contributed by atoms with van der Waals surface area (Å²) in [5.41, 5.74) is 7.02. The number of hydrogen-bond donors (Lipinski definition) is 1. The first kappa shape index (κ1) is 15.0. The van der Waals surface area contributed by atoms with Crippen molar-refractivity contribution in [1.82, 2.24) is 0 Å². The molecule has 0 aliphatic carbocycles. The Bertz CT molecular complexity index is 346. The van der Waals surface area contributed by atoms with Crippen LogP contribution in [0.2, 0.25) is 0 Å². The van der Waals surface area contributed by atoms with Crippen molar-refractivity contribution in [2.24, 2.45) is 11.1 Å². The number of halogens is 1. The van der Waals surface area contributed by atoms with Gasteiger partial charge in [0.05, 0.1) is 0 Å². The van der Waals surface area contributed by atoms with E-state index in [1.54, 1.807) is 0 Å². The van der Waals surface area contributed by atoms with Gasteiger partial charge in [-0.25, -0.2) is 4.39 Å². The minimum Gasteiger partial charge on any atom is -0.375 e. The largest absolute Gasteiger partial charge is 0.375 e. The SMILES string of the molecule is CN(CCCCC(C)(C)CN)c1ccc(F)cc1. The highest BCUT2D eigenvalue weighted by Gasteiger charge is 2.14. The molecule has 1 aromatic rings. The van der Waals surface area contributed by atoms with E-state index in [1.807, 2.05) is 19.2 Å². The Hall–Kier alpha value is -1.09. The first-order valence-corrected chi connectivity index (χ1v) is 6.61. The zero-order valence-electron chi connectivity index (χ0n) is 11.7. The standard InChI is InChI=1S/C15H25FN2/c1-15(2,12-17)10-4-5-11-18(3)14-8-6-13(16)7-9-14/h6-9H,4-5,10-12,17H2,1-3H3. The highest BCUT2D eigenvalue weighted by atomic mass is 19.1. The average Bonchev–Trinajstić information content (AvgIpc) is 2.35. The topological polar surface area (TPSA) is 29.3 Å². The third kappa shape index (κ3) is 5.05. The van der Waals surface area contributed by atoms with Crippen LogP contribution in [0, 0.1) is 11.2 Å². The smallest absolute Gasteiger partial charge is 0.123 e. The molecule has 0 aromatic heterocycles.